The highest BCUT2D eigenvalue weighted by Gasteiger charge is 2.25. The predicted octanol–water partition coefficient (Wildman–Crippen LogP) is 0.625. The third-order valence-corrected chi connectivity index (χ3v) is 5.55. The first-order valence-electron chi connectivity index (χ1n) is 8.05. The SMILES string of the molecule is CCN1CCCC1CNS(=O)(=O)N(C)CCCNC(C)C. The van der Waals surface area contributed by atoms with Gasteiger partial charge in [0.1, 0.15) is 0 Å². The lowest BCUT2D eigenvalue weighted by Gasteiger charge is -2.24. The number of hydrogen-bond donors (Lipinski definition) is 2. The Bertz CT molecular complexity index is 386. The third kappa shape index (κ3) is 6.61. The monoisotopic (exact) mass is 320 g/mol. The first-order chi connectivity index (χ1) is 9.86. The zero-order valence-electron chi connectivity index (χ0n) is 13.9. The second-order valence-electron chi connectivity index (χ2n) is 6.06. The summed E-state index contributed by atoms with van der Waals surface area (Å²) in [6.45, 7) is 10.3. The molecule has 21 heavy (non-hydrogen) atoms. The van der Waals surface area contributed by atoms with Gasteiger partial charge in [0.05, 0.1) is 0 Å². The molecule has 0 aromatic heterocycles. The Balaban J connectivity index is 2.31. The van der Waals surface area contributed by atoms with Gasteiger partial charge in [0.2, 0.25) is 0 Å². The molecule has 1 rings (SSSR count). The van der Waals surface area contributed by atoms with E-state index in [0.717, 1.165) is 38.9 Å². The van der Waals surface area contributed by atoms with Crippen molar-refractivity contribution in [3.05, 3.63) is 0 Å². The molecule has 7 heteroatoms. The van der Waals surface area contributed by atoms with Gasteiger partial charge in [0, 0.05) is 32.2 Å². The van der Waals surface area contributed by atoms with Crippen molar-refractivity contribution < 1.29 is 8.42 Å². The van der Waals surface area contributed by atoms with Gasteiger partial charge in [-0.2, -0.15) is 12.7 Å². The lowest BCUT2D eigenvalue weighted by Crippen LogP contribution is -2.45. The molecule has 0 spiro atoms. The normalized spacial score (nSPS) is 20.8. The van der Waals surface area contributed by atoms with Crippen LogP contribution < -0.4 is 10.0 Å². The molecule has 1 aliphatic heterocycles. The van der Waals surface area contributed by atoms with Gasteiger partial charge in [-0.15, -0.1) is 0 Å². The maximum atomic E-state index is 12.2. The molecule has 0 amide bonds. The van der Waals surface area contributed by atoms with Crippen molar-refractivity contribution in [2.24, 2.45) is 0 Å². The van der Waals surface area contributed by atoms with E-state index in [1.807, 2.05) is 0 Å². The third-order valence-electron chi connectivity index (χ3n) is 4.02. The summed E-state index contributed by atoms with van der Waals surface area (Å²) in [5, 5.41) is 3.29. The van der Waals surface area contributed by atoms with Crippen LogP contribution in [0.15, 0.2) is 0 Å². The lowest BCUT2D eigenvalue weighted by molar-refractivity contribution is 0.266. The van der Waals surface area contributed by atoms with E-state index < -0.39 is 10.2 Å². The molecule has 1 unspecified atom stereocenters. The van der Waals surface area contributed by atoms with E-state index in [-0.39, 0.29) is 0 Å². The molecule has 6 nitrogen and oxygen atoms in total. The average molecular weight is 321 g/mol. The van der Waals surface area contributed by atoms with Crippen LogP contribution in [0.1, 0.15) is 40.0 Å². The van der Waals surface area contributed by atoms with Gasteiger partial charge in [-0.1, -0.05) is 20.8 Å². The summed E-state index contributed by atoms with van der Waals surface area (Å²) in [5.74, 6) is 0. The summed E-state index contributed by atoms with van der Waals surface area (Å²) in [5.41, 5.74) is 0. The van der Waals surface area contributed by atoms with Crippen molar-refractivity contribution in [1.29, 1.82) is 0 Å². The number of likely N-dealkylation sites (N-methyl/N-ethyl adjacent to an activating group) is 1. The predicted molar refractivity (Wildman–Crippen MR) is 87.6 cm³/mol. The minimum atomic E-state index is -3.35. The topological polar surface area (TPSA) is 64.7 Å². The average Bonchev–Trinajstić information content (AvgIpc) is 2.88. The summed E-state index contributed by atoms with van der Waals surface area (Å²) in [4.78, 5) is 2.34. The van der Waals surface area contributed by atoms with Gasteiger partial charge in [-0.25, -0.2) is 4.72 Å². The fraction of sp³-hybridized carbons (Fsp3) is 1.00. The van der Waals surface area contributed by atoms with Crippen molar-refractivity contribution in [3.63, 3.8) is 0 Å². The largest absolute Gasteiger partial charge is 0.314 e. The molecule has 1 aliphatic rings. The fourth-order valence-corrected chi connectivity index (χ4v) is 3.66. The molecule has 1 saturated heterocycles. The van der Waals surface area contributed by atoms with E-state index in [2.05, 4.69) is 35.7 Å². The molecule has 0 saturated carbocycles. The highest BCUT2D eigenvalue weighted by Crippen LogP contribution is 2.15. The molecule has 0 bridgehead atoms. The Morgan fingerprint density at radius 2 is 2.10 bits per heavy atom. The van der Waals surface area contributed by atoms with Crippen LogP contribution in [-0.4, -0.2) is 69.5 Å². The van der Waals surface area contributed by atoms with E-state index in [9.17, 15) is 8.42 Å². The van der Waals surface area contributed by atoms with Gasteiger partial charge in [0.15, 0.2) is 0 Å². The maximum Gasteiger partial charge on any atom is 0.279 e. The molecule has 0 aromatic carbocycles. The zero-order valence-corrected chi connectivity index (χ0v) is 14.7. The highest BCUT2D eigenvalue weighted by atomic mass is 32.2. The second-order valence-corrected chi connectivity index (χ2v) is 7.92. The Morgan fingerprint density at radius 1 is 1.38 bits per heavy atom. The van der Waals surface area contributed by atoms with Gasteiger partial charge >= 0.3 is 0 Å². The van der Waals surface area contributed by atoms with Gasteiger partial charge in [0.25, 0.3) is 10.2 Å². The summed E-state index contributed by atoms with van der Waals surface area (Å²) in [7, 11) is -1.71. The molecule has 126 valence electrons. The maximum absolute atomic E-state index is 12.2. The van der Waals surface area contributed by atoms with E-state index in [4.69, 9.17) is 0 Å². The summed E-state index contributed by atoms with van der Waals surface area (Å²) in [6, 6.07) is 0.785. The Hall–Kier alpha value is -0.210. The van der Waals surface area contributed by atoms with E-state index in [0.29, 0.717) is 25.2 Å². The van der Waals surface area contributed by atoms with Crippen LogP contribution in [0, 0.1) is 0 Å². The summed E-state index contributed by atoms with van der Waals surface area (Å²) in [6.07, 6.45) is 3.06. The minimum absolute atomic E-state index is 0.348. The van der Waals surface area contributed by atoms with Crippen LogP contribution in [0.3, 0.4) is 0 Å². The molecule has 0 aliphatic carbocycles. The molecule has 0 aromatic rings. The molecular weight excluding hydrogens is 288 g/mol. The van der Waals surface area contributed by atoms with E-state index in [1.165, 1.54) is 4.31 Å². The van der Waals surface area contributed by atoms with Gasteiger partial charge < -0.3 is 5.32 Å². The quantitative estimate of drug-likeness (QED) is 0.579. The Kier molecular flexibility index (Phi) is 8.12. The molecule has 2 N–H and O–H groups in total. The zero-order chi connectivity index (χ0) is 15.9. The summed E-state index contributed by atoms with van der Waals surface area (Å²) < 4.78 is 28.5. The number of nitrogens with one attached hydrogen (secondary N) is 2. The minimum Gasteiger partial charge on any atom is -0.314 e. The van der Waals surface area contributed by atoms with Gasteiger partial charge in [-0.05, 0) is 38.9 Å². The van der Waals surface area contributed by atoms with E-state index >= 15 is 0 Å². The van der Waals surface area contributed by atoms with Crippen LogP contribution in [0.5, 0.6) is 0 Å². The van der Waals surface area contributed by atoms with Crippen molar-refractivity contribution in [2.45, 2.75) is 52.1 Å². The molecular formula is C14H32N4O2S. The number of hydrogen-bond acceptors (Lipinski definition) is 4. The first kappa shape index (κ1) is 18.8. The smallest absolute Gasteiger partial charge is 0.279 e. The number of likely N-dealkylation sites (tertiary alicyclic amines) is 1. The Morgan fingerprint density at radius 3 is 2.71 bits per heavy atom. The summed E-state index contributed by atoms with van der Waals surface area (Å²) >= 11 is 0. The standard InChI is InChI=1S/C14H32N4O2S/c1-5-18-11-6-8-14(18)12-16-21(19,20)17(4)10-7-9-15-13(2)3/h13-16H,5-12H2,1-4H3. The van der Waals surface area contributed by atoms with Gasteiger partial charge in [-0.3, -0.25) is 4.90 Å². The van der Waals surface area contributed by atoms with Crippen molar-refractivity contribution in [3.8, 4) is 0 Å². The van der Waals surface area contributed by atoms with Crippen LogP contribution >= 0.6 is 0 Å². The molecule has 1 fully saturated rings. The number of nitrogens with zero attached hydrogens (tertiary/aromatic N) is 2. The second kappa shape index (κ2) is 9.05. The first-order valence-corrected chi connectivity index (χ1v) is 9.49. The Labute approximate surface area is 130 Å². The van der Waals surface area contributed by atoms with Crippen molar-refractivity contribution in [1.82, 2.24) is 19.2 Å². The lowest BCUT2D eigenvalue weighted by atomic mass is 10.2. The highest BCUT2D eigenvalue weighted by molar-refractivity contribution is 7.87. The van der Waals surface area contributed by atoms with Crippen LogP contribution in [0.2, 0.25) is 0 Å². The molecule has 1 atom stereocenters. The van der Waals surface area contributed by atoms with Crippen LogP contribution in [0.4, 0.5) is 0 Å². The molecule has 0 radical (unpaired) electrons. The van der Waals surface area contributed by atoms with E-state index in [1.54, 1.807) is 7.05 Å². The molecule has 1 heterocycles. The van der Waals surface area contributed by atoms with Crippen molar-refractivity contribution >= 4 is 10.2 Å². The van der Waals surface area contributed by atoms with Crippen LogP contribution in [0.25, 0.3) is 0 Å². The van der Waals surface area contributed by atoms with Crippen LogP contribution in [-0.2, 0) is 10.2 Å². The fourth-order valence-electron chi connectivity index (χ4n) is 2.67. The number of rotatable bonds is 10. The van der Waals surface area contributed by atoms with Crippen molar-refractivity contribution in [2.75, 3.05) is 39.8 Å².